The Morgan fingerprint density at radius 2 is 1.54 bits per heavy atom. The minimum absolute atomic E-state index is 0.159. The molecule has 1 amide bonds. The molecule has 1 aromatic rings. The minimum atomic E-state index is -0.852. The van der Waals surface area contributed by atoms with Crippen molar-refractivity contribution >= 4 is 23.3 Å². The van der Waals surface area contributed by atoms with E-state index in [4.69, 9.17) is 0 Å². The van der Waals surface area contributed by atoms with E-state index in [1.807, 2.05) is 24.3 Å². The van der Waals surface area contributed by atoms with Crippen LogP contribution in [0.2, 0.25) is 0 Å². The molecule has 1 heterocycles. The maximum Gasteiger partial charge on any atom is 0.307 e. The molecule has 5 nitrogen and oxygen atoms in total. The van der Waals surface area contributed by atoms with E-state index in [1.165, 1.54) is 24.9 Å². The van der Waals surface area contributed by atoms with Crippen LogP contribution in [-0.4, -0.2) is 30.1 Å². The molecule has 2 unspecified atom stereocenters. The molecule has 0 bridgehead atoms. The average molecular weight is 330 g/mol. The Kier molecular flexibility index (Phi) is 5.38. The lowest BCUT2D eigenvalue weighted by Gasteiger charge is -2.29. The molecule has 2 aliphatic rings. The molecule has 0 aromatic heterocycles. The van der Waals surface area contributed by atoms with E-state index in [0.717, 1.165) is 31.6 Å². The van der Waals surface area contributed by atoms with Crippen LogP contribution >= 0.6 is 0 Å². The van der Waals surface area contributed by atoms with Gasteiger partial charge in [-0.2, -0.15) is 0 Å². The number of hydrogen-bond acceptors (Lipinski definition) is 3. The first-order valence-electron chi connectivity index (χ1n) is 9.04. The maximum atomic E-state index is 12.5. The van der Waals surface area contributed by atoms with Crippen LogP contribution in [0.15, 0.2) is 24.3 Å². The molecule has 0 radical (unpaired) electrons. The number of rotatable bonds is 4. The van der Waals surface area contributed by atoms with Crippen LogP contribution in [0.5, 0.6) is 0 Å². The molecule has 1 aliphatic carbocycles. The number of nitrogens with zero attached hydrogens (tertiary/aromatic N) is 1. The summed E-state index contributed by atoms with van der Waals surface area (Å²) in [6.07, 6.45) is 6.85. The number of carbonyl (C=O) groups is 2. The lowest BCUT2D eigenvalue weighted by Crippen LogP contribution is -2.36. The van der Waals surface area contributed by atoms with Crippen molar-refractivity contribution in [3.8, 4) is 0 Å². The highest BCUT2D eigenvalue weighted by Gasteiger charge is 2.35. The monoisotopic (exact) mass is 330 g/mol. The predicted octanol–water partition coefficient (Wildman–Crippen LogP) is 3.51. The van der Waals surface area contributed by atoms with Gasteiger partial charge in [-0.05, 0) is 56.4 Å². The highest BCUT2D eigenvalue weighted by molar-refractivity contribution is 5.95. The molecule has 1 saturated carbocycles. The van der Waals surface area contributed by atoms with Gasteiger partial charge in [0, 0.05) is 24.5 Å². The van der Waals surface area contributed by atoms with Crippen molar-refractivity contribution in [2.45, 2.75) is 44.9 Å². The first kappa shape index (κ1) is 16.8. The van der Waals surface area contributed by atoms with Gasteiger partial charge in [0.15, 0.2) is 0 Å². The summed E-state index contributed by atoms with van der Waals surface area (Å²) in [5, 5.41) is 12.2. The van der Waals surface area contributed by atoms with Gasteiger partial charge in [0.05, 0.1) is 11.8 Å². The van der Waals surface area contributed by atoms with Crippen molar-refractivity contribution in [3.63, 3.8) is 0 Å². The number of piperidine rings is 1. The van der Waals surface area contributed by atoms with E-state index in [2.05, 4.69) is 10.2 Å². The molecule has 5 heteroatoms. The van der Waals surface area contributed by atoms with Crippen LogP contribution < -0.4 is 10.2 Å². The normalized spacial score (nSPS) is 24.4. The Morgan fingerprint density at radius 1 is 0.917 bits per heavy atom. The summed E-state index contributed by atoms with van der Waals surface area (Å²) in [7, 11) is 0. The fraction of sp³-hybridized carbons (Fsp3) is 0.579. The number of benzene rings is 1. The third kappa shape index (κ3) is 3.89. The van der Waals surface area contributed by atoms with Gasteiger partial charge in [-0.1, -0.05) is 12.8 Å². The smallest absolute Gasteiger partial charge is 0.307 e. The standard InChI is InChI=1S/C19H26N2O3/c22-18(16-6-2-3-7-17(16)19(23)24)20-14-8-10-15(11-9-14)21-12-4-1-5-13-21/h8-11,16-17H,1-7,12-13H2,(H,20,22)(H,23,24). The molecular formula is C19H26N2O3. The average Bonchev–Trinajstić information content (AvgIpc) is 2.63. The molecule has 2 N–H and O–H groups in total. The summed E-state index contributed by atoms with van der Waals surface area (Å²) in [5.41, 5.74) is 1.93. The SMILES string of the molecule is O=C(O)C1CCCCC1C(=O)Nc1ccc(N2CCCCC2)cc1. The quantitative estimate of drug-likeness (QED) is 0.886. The Labute approximate surface area is 143 Å². The molecule has 1 aliphatic heterocycles. The Hall–Kier alpha value is -2.04. The molecule has 0 spiro atoms. The zero-order valence-electron chi connectivity index (χ0n) is 14.0. The number of carboxylic acid groups (broad SMARTS) is 1. The van der Waals surface area contributed by atoms with E-state index in [0.29, 0.717) is 12.8 Å². The van der Waals surface area contributed by atoms with Gasteiger partial charge >= 0.3 is 5.97 Å². The van der Waals surface area contributed by atoms with Crippen molar-refractivity contribution < 1.29 is 14.7 Å². The second-order valence-corrected chi connectivity index (χ2v) is 6.92. The molecule has 2 atom stereocenters. The summed E-state index contributed by atoms with van der Waals surface area (Å²) in [4.78, 5) is 26.2. The summed E-state index contributed by atoms with van der Waals surface area (Å²) >= 11 is 0. The second kappa shape index (κ2) is 7.69. The summed E-state index contributed by atoms with van der Waals surface area (Å²) in [5.74, 6) is -1.98. The van der Waals surface area contributed by atoms with Crippen molar-refractivity contribution in [3.05, 3.63) is 24.3 Å². The van der Waals surface area contributed by atoms with Gasteiger partial charge in [0.1, 0.15) is 0 Å². The van der Waals surface area contributed by atoms with Crippen LogP contribution in [0, 0.1) is 11.8 Å². The fourth-order valence-electron chi connectivity index (χ4n) is 3.88. The number of amides is 1. The number of nitrogens with one attached hydrogen (secondary N) is 1. The van der Waals surface area contributed by atoms with Gasteiger partial charge in [-0.25, -0.2) is 0 Å². The topological polar surface area (TPSA) is 69.6 Å². The largest absolute Gasteiger partial charge is 0.481 e. The Bertz CT molecular complexity index is 579. The molecule has 1 saturated heterocycles. The first-order chi connectivity index (χ1) is 11.6. The summed E-state index contributed by atoms with van der Waals surface area (Å²) in [6, 6.07) is 7.91. The molecule has 3 rings (SSSR count). The van der Waals surface area contributed by atoms with Crippen molar-refractivity contribution in [2.75, 3.05) is 23.3 Å². The van der Waals surface area contributed by atoms with Crippen LogP contribution in [0.4, 0.5) is 11.4 Å². The first-order valence-corrected chi connectivity index (χ1v) is 9.04. The van der Waals surface area contributed by atoms with Crippen LogP contribution in [0.1, 0.15) is 44.9 Å². The van der Waals surface area contributed by atoms with E-state index >= 15 is 0 Å². The van der Waals surface area contributed by atoms with E-state index < -0.39 is 17.8 Å². The molecule has 2 fully saturated rings. The minimum Gasteiger partial charge on any atom is -0.481 e. The van der Waals surface area contributed by atoms with Gasteiger partial charge in [0.2, 0.25) is 5.91 Å². The summed E-state index contributed by atoms with van der Waals surface area (Å²) < 4.78 is 0. The number of carbonyl (C=O) groups excluding carboxylic acids is 1. The van der Waals surface area contributed by atoms with Gasteiger partial charge in [-0.3, -0.25) is 9.59 Å². The highest BCUT2D eigenvalue weighted by Crippen LogP contribution is 2.31. The van der Waals surface area contributed by atoms with Crippen molar-refractivity contribution in [2.24, 2.45) is 11.8 Å². The molecular weight excluding hydrogens is 304 g/mol. The van der Waals surface area contributed by atoms with E-state index in [-0.39, 0.29) is 5.91 Å². The third-order valence-corrected chi connectivity index (χ3v) is 5.28. The van der Waals surface area contributed by atoms with Crippen molar-refractivity contribution in [1.29, 1.82) is 0 Å². The lowest BCUT2D eigenvalue weighted by molar-refractivity contribution is -0.147. The lowest BCUT2D eigenvalue weighted by atomic mass is 9.78. The van der Waals surface area contributed by atoms with E-state index in [1.54, 1.807) is 0 Å². The van der Waals surface area contributed by atoms with Crippen LogP contribution in [-0.2, 0) is 9.59 Å². The highest BCUT2D eigenvalue weighted by atomic mass is 16.4. The van der Waals surface area contributed by atoms with Crippen LogP contribution in [0.25, 0.3) is 0 Å². The zero-order valence-corrected chi connectivity index (χ0v) is 14.0. The number of hydrogen-bond donors (Lipinski definition) is 2. The molecule has 130 valence electrons. The number of anilines is 2. The Balaban J connectivity index is 1.62. The van der Waals surface area contributed by atoms with Gasteiger partial charge in [0.25, 0.3) is 0 Å². The summed E-state index contributed by atoms with van der Waals surface area (Å²) in [6.45, 7) is 2.18. The maximum absolute atomic E-state index is 12.5. The fourth-order valence-corrected chi connectivity index (χ4v) is 3.88. The number of carboxylic acids is 1. The molecule has 24 heavy (non-hydrogen) atoms. The number of aliphatic carboxylic acids is 1. The zero-order chi connectivity index (χ0) is 16.9. The van der Waals surface area contributed by atoms with E-state index in [9.17, 15) is 14.7 Å². The second-order valence-electron chi connectivity index (χ2n) is 6.92. The third-order valence-electron chi connectivity index (χ3n) is 5.28. The predicted molar refractivity (Wildman–Crippen MR) is 94.2 cm³/mol. The van der Waals surface area contributed by atoms with Gasteiger partial charge in [-0.15, -0.1) is 0 Å². The molecule has 1 aromatic carbocycles. The Morgan fingerprint density at radius 3 is 2.17 bits per heavy atom. The van der Waals surface area contributed by atoms with Gasteiger partial charge < -0.3 is 15.3 Å². The van der Waals surface area contributed by atoms with Crippen molar-refractivity contribution in [1.82, 2.24) is 0 Å². The van der Waals surface area contributed by atoms with Crippen LogP contribution in [0.3, 0.4) is 0 Å².